The summed E-state index contributed by atoms with van der Waals surface area (Å²) in [5.74, 6) is -3.41. The Bertz CT molecular complexity index is 1690. The maximum Gasteiger partial charge on any atom is 0.351 e. The van der Waals surface area contributed by atoms with E-state index in [9.17, 15) is 24.0 Å². The van der Waals surface area contributed by atoms with Crippen molar-refractivity contribution >= 4 is 50.7 Å². The van der Waals surface area contributed by atoms with Gasteiger partial charge in [-0.15, -0.1) is 0 Å². The number of nitrogens with one attached hydrogen (secondary N) is 1. The standard InChI is InChI=1S/C43H69NO16P2/c1-30(19-18-20-31(2)25-44-33-22-17-16-21-32(33)35(45)52-15)23-24-34(61(50,57-26-53-36(46)40(3,4)5)58-27-54-37(47)41(6,7)8)62(51,59-28-55-38(48)42(9,10)11)60-29-56-39(49)43(12,13)14/h16-17,20-23,34,44H,18-19,24-29H2,1-15H3/b30-23+,31-20+. The van der Waals surface area contributed by atoms with Crippen molar-refractivity contribution in [3.8, 4) is 0 Å². The van der Waals surface area contributed by atoms with Crippen molar-refractivity contribution in [1.29, 1.82) is 0 Å². The van der Waals surface area contributed by atoms with E-state index in [0.717, 1.165) is 11.1 Å². The average molecular weight is 918 g/mol. The Morgan fingerprint density at radius 2 is 0.968 bits per heavy atom. The lowest BCUT2D eigenvalue weighted by Gasteiger charge is -2.31. The van der Waals surface area contributed by atoms with E-state index >= 15 is 9.13 Å². The largest absolute Gasteiger partial charge is 0.465 e. The molecule has 17 nitrogen and oxygen atoms in total. The lowest BCUT2D eigenvalue weighted by Crippen LogP contribution is -2.28. The molecule has 1 N–H and O–H groups in total. The summed E-state index contributed by atoms with van der Waals surface area (Å²) in [6.07, 6.45) is 4.17. The van der Waals surface area contributed by atoms with Crippen LogP contribution < -0.4 is 5.32 Å². The zero-order valence-corrected chi connectivity index (χ0v) is 40.9. The van der Waals surface area contributed by atoms with Crippen LogP contribution in [0.1, 0.15) is 127 Å². The van der Waals surface area contributed by atoms with Gasteiger partial charge in [0.15, 0.2) is 5.40 Å². The summed E-state index contributed by atoms with van der Waals surface area (Å²) in [6, 6.07) is 6.97. The number of allylic oxidation sites excluding steroid dienone is 3. The van der Waals surface area contributed by atoms with Gasteiger partial charge in [-0.3, -0.25) is 46.4 Å². The predicted molar refractivity (Wildman–Crippen MR) is 233 cm³/mol. The molecule has 62 heavy (non-hydrogen) atoms. The van der Waals surface area contributed by atoms with Gasteiger partial charge >= 0.3 is 45.0 Å². The molecule has 0 bridgehead atoms. The van der Waals surface area contributed by atoms with Crippen LogP contribution in [0.15, 0.2) is 47.6 Å². The topological polar surface area (TPSA) is 215 Å². The first-order valence-corrected chi connectivity index (χ1v) is 23.3. The molecule has 0 aliphatic carbocycles. The lowest BCUT2D eigenvalue weighted by atomic mass is 9.98. The van der Waals surface area contributed by atoms with E-state index < -0.39 is 106 Å². The molecule has 1 rings (SSSR count). The van der Waals surface area contributed by atoms with Crippen LogP contribution in [0.2, 0.25) is 0 Å². The summed E-state index contributed by atoms with van der Waals surface area (Å²) < 4.78 is 78.6. The van der Waals surface area contributed by atoms with E-state index in [1.54, 1.807) is 120 Å². The molecule has 0 unspecified atom stereocenters. The number of carbonyl (C=O) groups excluding carboxylic acids is 5. The Balaban J connectivity index is 3.69. The number of carbonyl (C=O) groups is 5. The Kier molecular flexibility index (Phi) is 22.0. The molecule has 0 saturated heterocycles. The molecule has 0 aliphatic heterocycles. The average Bonchev–Trinajstić information content (AvgIpc) is 3.15. The highest BCUT2D eigenvalue weighted by Gasteiger charge is 2.52. The molecular weight excluding hydrogens is 848 g/mol. The minimum Gasteiger partial charge on any atom is -0.465 e. The number of methoxy groups -OCH3 is 1. The van der Waals surface area contributed by atoms with Crippen LogP contribution >= 0.6 is 15.2 Å². The fourth-order valence-electron chi connectivity index (χ4n) is 4.52. The van der Waals surface area contributed by atoms with Gasteiger partial charge in [-0.25, -0.2) is 4.79 Å². The Morgan fingerprint density at radius 3 is 1.32 bits per heavy atom. The second-order valence-corrected chi connectivity index (χ2v) is 23.4. The summed E-state index contributed by atoms with van der Waals surface area (Å²) in [5, 5.41) is 1.33. The number of rotatable bonds is 23. The summed E-state index contributed by atoms with van der Waals surface area (Å²) in [5.41, 5.74) is -1.31. The molecule has 352 valence electrons. The molecule has 1 aromatic carbocycles. The van der Waals surface area contributed by atoms with Crippen LogP contribution in [-0.2, 0) is 70.1 Å². The van der Waals surface area contributed by atoms with Crippen molar-refractivity contribution in [3.05, 3.63) is 53.1 Å². The minimum absolute atomic E-state index is 0.395. The molecule has 0 aromatic heterocycles. The first-order chi connectivity index (χ1) is 28.4. The Morgan fingerprint density at radius 1 is 0.597 bits per heavy atom. The van der Waals surface area contributed by atoms with E-state index in [1.807, 2.05) is 13.0 Å². The third-order valence-electron chi connectivity index (χ3n) is 8.47. The van der Waals surface area contributed by atoms with Gasteiger partial charge in [0.2, 0.25) is 27.2 Å². The first kappa shape index (κ1) is 56.2. The van der Waals surface area contributed by atoms with E-state index in [1.165, 1.54) is 7.11 Å². The van der Waals surface area contributed by atoms with Crippen molar-refractivity contribution in [1.82, 2.24) is 0 Å². The minimum atomic E-state index is -4.96. The van der Waals surface area contributed by atoms with Crippen LogP contribution in [0.4, 0.5) is 5.69 Å². The fourth-order valence-corrected chi connectivity index (χ4v) is 9.07. The lowest BCUT2D eigenvalue weighted by molar-refractivity contribution is -0.163. The second-order valence-electron chi connectivity index (χ2n) is 18.5. The molecule has 0 radical (unpaired) electrons. The summed E-state index contributed by atoms with van der Waals surface area (Å²) in [6.45, 7) is 19.3. The van der Waals surface area contributed by atoms with Gasteiger partial charge in [0.05, 0.1) is 34.3 Å². The van der Waals surface area contributed by atoms with Crippen LogP contribution in [-0.4, -0.2) is 76.1 Å². The molecule has 0 atom stereocenters. The van der Waals surface area contributed by atoms with E-state index in [0.29, 0.717) is 30.6 Å². The first-order valence-electron chi connectivity index (χ1n) is 20.1. The zero-order chi connectivity index (χ0) is 47.7. The highest BCUT2D eigenvalue weighted by atomic mass is 31.2. The normalized spacial score (nSPS) is 13.4. The van der Waals surface area contributed by atoms with Gasteiger partial charge in [-0.1, -0.05) is 35.4 Å². The van der Waals surface area contributed by atoms with Crippen LogP contribution in [0.25, 0.3) is 0 Å². The van der Waals surface area contributed by atoms with Gasteiger partial charge in [0.1, 0.15) is 0 Å². The summed E-state index contributed by atoms with van der Waals surface area (Å²) in [7, 11) is -8.60. The van der Waals surface area contributed by atoms with E-state index in [2.05, 4.69) is 5.32 Å². The molecule has 1 aromatic rings. The van der Waals surface area contributed by atoms with E-state index in [-0.39, 0.29) is 0 Å². The molecule has 0 saturated carbocycles. The van der Waals surface area contributed by atoms with Gasteiger partial charge in [-0.05, 0) is 128 Å². The van der Waals surface area contributed by atoms with Crippen molar-refractivity contribution in [2.75, 3.05) is 46.1 Å². The fraction of sp³-hybridized carbons (Fsp3) is 0.651. The van der Waals surface area contributed by atoms with Crippen molar-refractivity contribution < 1.29 is 74.9 Å². The third kappa shape index (κ3) is 19.7. The maximum absolute atomic E-state index is 15.1. The maximum atomic E-state index is 15.1. The number of para-hydroxylation sites is 1. The SMILES string of the molecule is COC(=O)c1ccccc1NC/C(C)=C/CC/C(C)=C/CC(P(=O)(OCOC(=O)C(C)(C)C)OCOC(=O)C(C)(C)C)P(=O)(OCOC(=O)C(C)(C)C)OCOC(=O)C(C)(C)C. The number of anilines is 1. The van der Waals surface area contributed by atoms with Gasteiger partial charge in [-0.2, -0.15) is 0 Å². The van der Waals surface area contributed by atoms with Crippen molar-refractivity contribution in [3.63, 3.8) is 0 Å². The number of esters is 5. The van der Waals surface area contributed by atoms with Crippen LogP contribution in [0.3, 0.4) is 0 Å². The smallest absolute Gasteiger partial charge is 0.351 e. The number of benzene rings is 1. The molecule has 0 spiro atoms. The summed E-state index contributed by atoms with van der Waals surface area (Å²) >= 11 is 0. The summed E-state index contributed by atoms with van der Waals surface area (Å²) in [4.78, 5) is 63.0. The van der Waals surface area contributed by atoms with E-state index in [4.69, 9.17) is 41.8 Å². The van der Waals surface area contributed by atoms with Crippen molar-refractivity contribution in [2.45, 2.75) is 122 Å². The molecule has 19 heteroatoms. The van der Waals surface area contributed by atoms with Gasteiger partial charge < -0.3 is 29.0 Å². The molecule has 0 amide bonds. The number of ether oxygens (including phenoxy) is 5. The molecule has 0 aliphatic rings. The highest BCUT2D eigenvalue weighted by Crippen LogP contribution is 2.71. The second kappa shape index (κ2) is 24.3. The molecule has 0 fully saturated rings. The van der Waals surface area contributed by atoms with Gasteiger partial charge in [0, 0.05) is 12.2 Å². The van der Waals surface area contributed by atoms with Gasteiger partial charge in [0.25, 0.3) is 0 Å². The quantitative estimate of drug-likeness (QED) is 0.0355. The molecule has 0 heterocycles. The third-order valence-corrected chi connectivity index (χ3v) is 13.9. The van der Waals surface area contributed by atoms with Crippen LogP contribution in [0, 0.1) is 21.7 Å². The van der Waals surface area contributed by atoms with Crippen LogP contribution in [0.5, 0.6) is 0 Å². The predicted octanol–water partition coefficient (Wildman–Crippen LogP) is 9.91. The number of hydrogen-bond acceptors (Lipinski definition) is 17. The van der Waals surface area contributed by atoms with Crippen molar-refractivity contribution in [2.24, 2.45) is 21.7 Å². The Hall–Kier alpha value is -3.85. The molecular formula is C43H69NO16P2. The zero-order valence-electron chi connectivity index (χ0n) is 39.1. The monoisotopic (exact) mass is 917 g/mol. The highest BCUT2D eigenvalue weighted by molar-refractivity contribution is 7.72. The number of hydrogen-bond donors (Lipinski definition) is 1. The Labute approximate surface area is 367 Å².